The number of aryl methyl sites for hydroxylation is 3. The normalized spacial score (nSPS) is 21.6. The molecule has 0 bridgehead atoms. The van der Waals surface area contributed by atoms with E-state index in [1.54, 1.807) is 4.52 Å². The molecule has 1 amide bonds. The SMILES string of the molecule is Cc1cc(C)n2nc(C)c(C(=O)NCC3CN(C4CC4)CCO3)c2n1. The first-order valence-corrected chi connectivity index (χ1v) is 9.00. The summed E-state index contributed by atoms with van der Waals surface area (Å²) in [7, 11) is 0. The molecule has 4 rings (SSSR count). The fourth-order valence-electron chi connectivity index (χ4n) is 3.62. The summed E-state index contributed by atoms with van der Waals surface area (Å²) in [5.41, 5.74) is 3.73. The Hall–Kier alpha value is -1.99. The highest BCUT2D eigenvalue weighted by Crippen LogP contribution is 2.28. The van der Waals surface area contributed by atoms with E-state index in [0.29, 0.717) is 23.4 Å². The van der Waals surface area contributed by atoms with Crippen LogP contribution in [-0.2, 0) is 4.74 Å². The molecule has 25 heavy (non-hydrogen) atoms. The lowest BCUT2D eigenvalue weighted by Crippen LogP contribution is -2.48. The Labute approximate surface area is 147 Å². The molecule has 0 spiro atoms. The number of nitrogens with one attached hydrogen (secondary N) is 1. The lowest BCUT2D eigenvalue weighted by molar-refractivity contribution is -0.0293. The lowest BCUT2D eigenvalue weighted by atomic mass is 10.2. The van der Waals surface area contributed by atoms with Crippen molar-refractivity contribution in [1.82, 2.24) is 24.8 Å². The van der Waals surface area contributed by atoms with Crippen molar-refractivity contribution in [2.24, 2.45) is 0 Å². The van der Waals surface area contributed by atoms with Gasteiger partial charge in [-0.2, -0.15) is 5.10 Å². The highest BCUT2D eigenvalue weighted by molar-refractivity contribution is 6.01. The van der Waals surface area contributed by atoms with Gasteiger partial charge in [-0.3, -0.25) is 9.69 Å². The second kappa shape index (κ2) is 6.38. The zero-order chi connectivity index (χ0) is 17.6. The van der Waals surface area contributed by atoms with Gasteiger partial charge < -0.3 is 10.1 Å². The van der Waals surface area contributed by atoms with E-state index in [4.69, 9.17) is 4.74 Å². The monoisotopic (exact) mass is 343 g/mol. The highest BCUT2D eigenvalue weighted by atomic mass is 16.5. The Bertz CT molecular complexity index is 811. The summed E-state index contributed by atoms with van der Waals surface area (Å²) in [6.45, 7) is 8.91. The maximum atomic E-state index is 12.8. The van der Waals surface area contributed by atoms with Crippen LogP contribution in [0.5, 0.6) is 0 Å². The molecule has 7 nitrogen and oxygen atoms in total. The number of ether oxygens (including phenoxy) is 1. The predicted molar refractivity (Wildman–Crippen MR) is 93.9 cm³/mol. The minimum absolute atomic E-state index is 0.0527. The van der Waals surface area contributed by atoms with Crippen LogP contribution in [0.25, 0.3) is 5.65 Å². The van der Waals surface area contributed by atoms with E-state index >= 15 is 0 Å². The third-order valence-corrected chi connectivity index (χ3v) is 5.02. The van der Waals surface area contributed by atoms with Gasteiger partial charge in [0.1, 0.15) is 5.56 Å². The molecule has 2 aromatic heterocycles. The van der Waals surface area contributed by atoms with Crippen LogP contribution >= 0.6 is 0 Å². The fourth-order valence-corrected chi connectivity index (χ4v) is 3.62. The van der Waals surface area contributed by atoms with E-state index in [2.05, 4.69) is 20.3 Å². The summed E-state index contributed by atoms with van der Waals surface area (Å²) < 4.78 is 7.56. The second-order valence-corrected chi connectivity index (χ2v) is 7.16. The Morgan fingerprint density at radius 3 is 2.92 bits per heavy atom. The summed E-state index contributed by atoms with van der Waals surface area (Å²) in [5.74, 6) is -0.128. The second-order valence-electron chi connectivity index (χ2n) is 7.16. The molecule has 3 heterocycles. The highest BCUT2D eigenvalue weighted by Gasteiger charge is 2.33. The van der Waals surface area contributed by atoms with Crippen LogP contribution < -0.4 is 5.32 Å². The van der Waals surface area contributed by atoms with Gasteiger partial charge in [-0.15, -0.1) is 0 Å². The van der Waals surface area contributed by atoms with Crippen molar-refractivity contribution in [3.63, 3.8) is 0 Å². The molecule has 1 atom stereocenters. The number of nitrogens with zero attached hydrogens (tertiary/aromatic N) is 4. The molecule has 7 heteroatoms. The quantitative estimate of drug-likeness (QED) is 0.905. The molecule has 1 unspecified atom stereocenters. The Morgan fingerprint density at radius 2 is 2.16 bits per heavy atom. The van der Waals surface area contributed by atoms with Gasteiger partial charge in [-0.05, 0) is 39.7 Å². The standard InChI is InChI=1S/C18H25N5O2/c1-11-8-12(2)23-17(20-11)16(13(3)21-23)18(24)19-9-15-10-22(6-7-25-15)14-4-5-14/h8,14-15H,4-7,9-10H2,1-3H3,(H,19,24). The molecule has 2 aromatic rings. The zero-order valence-electron chi connectivity index (χ0n) is 15.1. The first-order chi connectivity index (χ1) is 12.0. The van der Waals surface area contributed by atoms with Gasteiger partial charge in [-0.1, -0.05) is 0 Å². The van der Waals surface area contributed by atoms with Crippen LogP contribution in [0.1, 0.15) is 40.3 Å². The van der Waals surface area contributed by atoms with Crippen LogP contribution in [0.2, 0.25) is 0 Å². The summed E-state index contributed by atoms with van der Waals surface area (Å²) in [6, 6.07) is 2.70. The molecule has 1 saturated heterocycles. The first kappa shape index (κ1) is 16.5. The Morgan fingerprint density at radius 1 is 1.36 bits per heavy atom. The van der Waals surface area contributed by atoms with Crippen LogP contribution in [0.3, 0.4) is 0 Å². The van der Waals surface area contributed by atoms with E-state index < -0.39 is 0 Å². The van der Waals surface area contributed by atoms with Crippen LogP contribution in [-0.4, -0.2) is 63.8 Å². The Balaban J connectivity index is 1.47. The molecule has 0 aromatic carbocycles. The van der Waals surface area contributed by atoms with E-state index in [-0.39, 0.29) is 12.0 Å². The van der Waals surface area contributed by atoms with Gasteiger partial charge in [-0.25, -0.2) is 9.50 Å². The lowest BCUT2D eigenvalue weighted by Gasteiger charge is -2.33. The molecular formula is C18H25N5O2. The third kappa shape index (κ3) is 3.26. The minimum atomic E-state index is -0.128. The molecule has 1 aliphatic carbocycles. The number of hydrogen-bond acceptors (Lipinski definition) is 5. The van der Waals surface area contributed by atoms with Crippen molar-refractivity contribution in [2.75, 3.05) is 26.2 Å². The van der Waals surface area contributed by atoms with Crippen molar-refractivity contribution in [1.29, 1.82) is 0 Å². The topological polar surface area (TPSA) is 71.8 Å². The van der Waals surface area contributed by atoms with Gasteiger partial charge in [0.15, 0.2) is 5.65 Å². The molecular weight excluding hydrogens is 318 g/mol. The van der Waals surface area contributed by atoms with Crippen molar-refractivity contribution in [3.8, 4) is 0 Å². The number of rotatable bonds is 4. The summed E-state index contributed by atoms with van der Waals surface area (Å²) >= 11 is 0. The Kier molecular flexibility index (Phi) is 4.21. The van der Waals surface area contributed by atoms with Crippen molar-refractivity contribution in [3.05, 3.63) is 28.7 Å². The largest absolute Gasteiger partial charge is 0.374 e. The summed E-state index contributed by atoms with van der Waals surface area (Å²) in [4.78, 5) is 19.8. The van der Waals surface area contributed by atoms with E-state index in [1.165, 1.54) is 12.8 Å². The summed E-state index contributed by atoms with van der Waals surface area (Å²) in [5, 5.41) is 7.49. The maximum Gasteiger partial charge on any atom is 0.257 e. The van der Waals surface area contributed by atoms with E-state index in [0.717, 1.165) is 37.1 Å². The van der Waals surface area contributed by atoms with E-state index in [9.17, 15) is 4.79 Å². The van der Waals surface area contributed by atoms with Gasteiger partial charge in [0.2, 0.25) is 0 Å². The average Bonchev–Trinajstić information content (AvgIpc) is 3.37. The van der Waals surface area contributed by atoms with Crippen molar-refractivity contribution in [2.45, 2.75) is 45.8 Å². The molecule has 134 valence electrons. The number of hydrogen-bond donors (Lipinski definition) is 1. The number of carbonyl (C=O) groups is 1. The van der Waals surface area contributed by atoms with Gasteiger partial charge in [0, 0.05) is 37.1 Å². The van der Waals surface area contributed by atoms with Gasteiger partial charge in [0.25, 0.3) is 5.91 Å². The van der Waals surface area contributed by atoms with Crippen molar-refractivity contribution < 1.29 is 9.53 Å². The summed E-state index contributed by atoms with van der Waals surface area (Å²) in [6.07, 6.45) is 2.65. The first-order valence-electron chi connectivity index (χ1n) is 9.00. The average molecular weight is 343 g/mol. The van der Waals surface area contributed by atoms with Gasteiger partial charge >= 0.3 is 0 Å². The van der Waals surface area contributed by atoms with Crippen LogP contribution in [0.4, 0.5) is 0 Å². The molecule has 1 saturated carbocycles. The number of carbonyl (C=O) groups excluding carboxylic acids is 1. The molecule has 1 N–H and O–H groups in total. The fraction of sp³-hybridized carbons (Fsp3) is 0.611. The minimum Gasteiger partial charge on any atom is -0.374 e. The predicted octanol–water partition coefficient (Wildman–Crippen LogP) is 1.25. The smallest absolute Gasteiger partial charge is 0.257 e. The molecule has 0 radical (unpaired) electrons. The van der Waals surface area contributed by atoms with Crippen LogP contribution in [0, 0.1) is 20.8 Å². The molecule has 1 aliphatic heterocycles. The van der Waals surface area contributed by atoms with Crippen LogP contribution in [0.15, 0.2) is 6.07 Å². The zero-order valence-corrected chi connectivity index (χ0v) is 15.1. The third-order valence-electron chi connectivity index (χ3n) is 5.02. The maximum absolute atomic E-state index is 12.8. The molecule has 2 fully saturated rings. The number of morpholine rings is 1. The number of fused-ring (bicyclic) bond motifs is 1. The number of amides is 1. The van der Waals surface area contributed by atoms with Gasteiger partial charge in [0.05, 0.1) is 18.4 Å². The van der Waals surface area contributed by atoms with E-state index in [1.807, 2.05) is 26.8 Å². The molecule has 2 aliphatic rings. The number of aromatic nitrogens is 3. The van der Waals surface area contributed by atoms with Crippen molar-refractivity contribution >= 4 is 11.6 Å².